The summed E-state index contributed by atoms with van der Waals surface area (Å²) in [7, 11) is 1.51. The Morgan fingerprint density at radius 2 is 1.74 bits per heavy atom. The van der Waals surface area contributed by atoms with E-state index in [0.29, 0.717) is 11.3 Å². The molecule has 1 fully saturated rings. The smallest absolute Gasteiger partial charge is 0.248 e. The maximum absolute atomic E-state index is 13.6. The Hall–Kier alpha value is -2.78. The highest BCUT2D eigenvalue weighted by Crippen LogP contribution is 2.35. The zero-order chi connectivity index (χ0) is 25.4. The molecule has 3 unspecified atom stereocenters. The highest BCUT2D eigenvalue weighted by molar-refractivity contribution is 5.90. The molecule has 0 bridgehead atoms. The third kappa shape index (κ3) is 5.31. The van der Waals surface area contributed by atoms with Gasteiger partial charge in [0.2, 0.25) is 11.8 Å². The van der Waals surface area contributed by atoms with Gasteiger partial charge >= 0.3 is 0 Å². The molecule has 1 aromatic heterocycles. The second kappa shape index (κ2) is 9.46. The van der Waals surface area contributed by atoms with Gasteiger partial charge < -0.3 is 20.4 Å². The number of benzene rings is 1. The van der Waals surface area contributed by atoms with Gasteiger partial charge in [-0.05, 0) is 22.0 Å². The average Bonchev–Trinajstić information content (AvgIpc) is 3.38. The fourth-order valence-electron chi connectivity index (χ4n) is 4.39. The fourth-order valence-corrected chi connectivity index (χ4v) is 4.39. The number of aliphatic hydroxyl groups is 2. The summed E-state index contributed by atoms with van der Waals surface area (Å²) in [6.07, 6.45) is 0.00732. The van der Waals surface area contributed by atoms with Crippen molar-refractivity contribution in [2.45, 2.75) is 77.7 Å². The van der Waals surface area contributed by atoms with Crippen LogP contribution in [0.4, 0.5) is 0 Å². The van der Waals surface area contributed by atoms with Crippen LogP contribution in [-0.4, -0.2) is 67.7 Å². The number of amides is 2. The Morgan fingerprint density at radius 3 is 2.26 bits per heavy atom. The van der Waals surface area contributed by atoms with Crippen molar-refractivity contribution in [3.05, 3.63) is 47.3 Å². The second-order valence-electron chi connectivity index (χ2n) is 11.2. The maximum atomic E-state index is 13.6. The van der Waals surface area contributed by atoms with E-state index in [1.54, 1.807) is 6.20 Å². The van der Waals surface area contributed by atoms with Gasteiger partial charge in [-0.2, -0.15) is 0 Å². The van der Waals surface area contributed by atoms with E-state index >= 15 is 0 Å². The molecule has 34 heavy (non-hydrogen) atoms. The number of β-amino-alcohol motifs (C(OH)–C–C–N with tert-alkyl or cyclic N) is 1. The number of hydrogen-bond donors (Lipinski definition) is 3. The first-order chi connectivity index (χ1) is 15.7. The predicted octanol–water partition coefficient (Wildman–Crippen LogP) is 1.95. The molecule has 0 saturated carbocycles. The lowest BCUT2D eigenvalue weighted by atomic mass is 9.85. The van der Waals surface area contributed by atoms with Crippen LogP contribution in [0.2, 0.25) is 0 Å². The van der Waals surface area contributed by atoms with Gasteiger partial charge in [0, 0.05) is 20.0 Å². The summed E-state index contributed by atoms with van der Waals surface area (Å²) in [5.74, 6) is -0.635. The SMILES string of the molecule is CNC(=O)C1CC(O)CN1C(=O)[C@@H](n1cc(C(O)c2ccc(C(C)(C)C)cc2)nn1)C(C)(C)C. The average molecular weight is 472 g/mol. The molecule has 1 saturated heterocycles. The van der Waals surface area contributed by atoms with Gasteiger partial charge in [0.15, 0.2) is 0 Å². The van der Waals surface area contributed by atoms with Crippen molar-refractivity contribution in [3.63, 3.8) is 0 Å². The van der Waals surface area contributed by atoms with E-state index in [-0.39, 0.29) is 30.2 Å². The molecule has 2 aromatic rings. The van der Waals surface area contributed by atoms with Crippen LogP contribution in [0.5, 0.6) is 0 Å². The van der Waals surface area contributed by atoms with E-state index in [1.165, 1.54) is 16.6 Å². The minimum Gasteiger partial charge on any atom is -0.391 e. The van der Waals surface area contributed by atoms with Gasteiger partial charge in [0.05, 0.1) is 12.3 Å². The fraction of sp³-hybridized carbons (Fsp3) is 0.600. The van der Waals surface area contributed by atoms with E-state index in [1.807, 2.05) is 45.0 Å². The van der Waals surface area contributed by atoms with Gasteiger partial charge in [-0.1, -0.05) is 71.0 Å². The second-order valence-corrected chi connectivity index (χ2v) is 11.2. The van der Waals surface area contributed by atoms with E-state index in [4.69, 9.17) is 0 Å². The van der Waals surface area contributed by atoms with Gasteiger partial charge in [-0.3, -0.25) is 9.59 Å². The standard InChI is InChI=1S/C25H37N5O4/c1-24(2,3)16-10-8-15(9-11-16)20(32)18-14-30(28-27-18)21(25(4,5)6)23(34)29-13-17(31)12-19(29)22(33)26-7/h8-11,14,17,19-21,31-32H,12-13H2,1-7H3,(H,26,33)/t17?,19?,20?,21-/m1/s1. The zero-order valence-electron chi connectivity index (χ0n) is 21.1. The Labute approximate surface area is 201 Å². The number of rotatable bonds is 5. The van der Waals surface area contributed by atoms with Crippen LogP contribution in [0.15, 0.2) is 30.5 Å². The Balaban J connectivity index is 1.89. The molecule has 0 aliphatic carbocycles. The molecule has 0 spiro atoms. The van der Waals surface area contributed by atoms with Crippen LogP contribution in [0.25, 0.3) is 0 Å². The molecule has 1 aliphatic rings. The third-order valence-electron chi connectivity index (χ3n) is 6.33. The van der Waals surface area contributed by atoms with Gasteiger partial charge in [-0.25, -0.2) is 4.68 Å². The summed E-state index contributed by atoms with van der Waals surface area (Å²) in [5, 5.41) is 32.0. The summed E-state index contributed by atoms with van der Waals surface area (Å²) in [6.45, 7) is 12.2. The first-order valence-corrected chi connectivity index (χ1v) is 11.6. The lowest BCUT2D eigenvalue weighted by Gasteiger charge is -2.34. The summed E-state index contributed by atoms with van der Waals surface area (Å²) < 4.78 is 1.45. The van der Waals surface area contributed by atoms with Crippen molar-refractivity contribution in [2.24, 2.45) is 5.41 Å². The number of carbonyl (C=O) groups excluding carboxylic acids is 2. The predicted molar refractivity (Wildman–Crippen MR) is 128 cm³/mol. The van der Waals surface area contributed by atoms with Crippen molar-refractivity contribution in [3.8, 4) is 0 Å². The summed E-state index contributed by atoms with van der Waals surface area (Å²) >= 11 is 0. The molecule has 3 rings (SSSR count). The van der Waals surface area contributed by atoms with E-state index < -0.39 is 29.7 Å². The number of aliphatic hydroxyl groups excluding tert-OH is 2. The number of nitrogens with one attached hydrogen (secondary N) is 1. The molecular weight excluding hydrogens is 434 g/mol. The monoisotopic (exact) mass is 471 g/mol. The van der Waals surface area contributed by atoms with Crippen molar-refractivity contribution < 1.29 is 19.8 Å². The van der Waals surface area contributed by atoms with Crippen LogP contribution in [0.1, 0.15) is 76.9 Å². The molecule has 4 atom stereocenters. The minimum atomic E-state index is -0.995. The number of carbonyl (C=O) groups is 2. The van der Waals surface area contributed by atoms with Gasteiger partial charge in [-0.15, -0.1) is 5.10 Å². The quantitative estimate of drug-likeness (QED) is 0.613. The number of likely N-dealkylation sites (N-methyl/N-ethyl adjacent to an activating group) is 1. The lowest BCUT2D eigenvalue weighted by Crippen LogP contribution is -2.49. The summed E-state index contributed by atoms with van der Waals surface area (Å²) in [6, 6.07) is 6.20. The van der Waals surface area contributed by atoms with Crippen LogP contribution >= 0.6 is 0 Å². The van der Waals surface area contributed by atoms with Gasteiger partial charge in [0.1, 0.15) is 23.9 Å². The van der Waals surface area contributed by atoms with Crippen LogP contribution in [0, 0.1) is 5.41 Å². The molecule has 186 valence electrons. The number of hydrogen-bond acceptors (Lipinski definition) is 6. The number of aromatic nitrogens is 3. The van der Waals surface area contributed by atoms with Gasteiger partial charge in [0.25, 0.3) is 0 Å². The molecular formula is C25H37N5O4. The molecule has 1 aromatic carbocycles. The highest BCUT2D eigenvalue weighted by Gasteiger charge is 2.45. The van der Waals surface area contributed by atoms with Crippen LogP contribution < -0.4 is 5.32 Å². The third-order valence-corrected chi connectivity index (χ3v) is 6.33. The highest BCUT2D eigenvalue weighted by atomic mass is 16.3. The normalized spacial score (nSPS) is 20.8. The van der Waals surface area contributed by atoms with E-state index in [9.17, 15) is 19.8 Å². The molecule has 2 amide bonds. The van der Waals surface area contributed by atoms with Crippen LogP contribution in [0.3, 0.4) is 0 Å². The molecule has 2 heterocycles. The molecule has 9 nitrogen and oxygen atoms in total. The van der Waals surface area contributed by atoms with Crippen molar-refractivity contribution in [1.29, 1.82) is 0 Å². The Bertz CT molecular complexity index is 1020. The first-order valence-electron chi connectivity index (χ1n) is 11.6. The molecule has 1 aliphatic heterocycles. The lowest BCUT2D eigenvalue weighted by molar-refractivity contribution is -0.144. The topological polar surface area (TPSA) is 121 Å². The number of nitrogens with zero attached hydrogens (tertiary/aromatic N) is 4. The molecule has 9 heteroatoms. The van der Waals surface area contributed by atoms with Crippen molar-refractivity contribution in [1.82, 2.24) is 25.2 Å². The van der Waals surface area contributed by atoms with Crippen molar-refractivity contribution >= 4 is 11.8 Å². The largest absolute Gasteiger partial charge is 0.391 e. The van der Waals surface area contributed by atoms with Crippen molar-refractivity contribution in [2.75, 3.05) is 13.6 Å². The van der Waals surface area contributed by atoms with Crippen LogP contribution in [-0.2, 0) is 15.0 Å². The Morgan fingerprint density at radius 1 is 1.12 bits per heavy atom. The minimum absolute atomic E-state index is 0.00257. The Kier molecular flexibility index (Phi) is 7.19. The zero-order valence-corrected chi connectivity index (χ0v) is 21.1. The van der Waals surface area contributed by atoms with E-state index in [0.717, 1.165) is 5.56 Å². The first kappa shape index (κ1) is 25.8. The summed E-state index contributed by atoms with van der Waals surface area (Å²) in [4.78, 5) is 27.4. The number of likely N-dealkylation sites (tertiary alicyclic amines) is 1. The maximum Gasteiger partial charge on any atom is 0.248 e. The molecule has 0 radical (unpaired) electrons. The van der Waals surface area contributed by atoms with E-state index in [2.05, 4.69) is 36.4 Å². The molecule has 3 N–H and O–H groups in total. The summed E-state index contributed by atoms with van der Waals surface area (Å²) in [5.41, 5.74) is 1.60.